The Bertz CT molecular complexity index is 783. The fourth-order valence-electron chi connectivity index (χ4n) is 1.98. The third kappa shape index (κ3) is 3.55. The van der Waals surface area contributed by atoms with Crippen LogP contribution in [0.3, 0.4) is 0 Å². The lowest BCUT2D eigenvalue weighted by Gasteiger charge is -2.14. The maximum Gasteiger partial charge on any atom is 0.416 e. The van der Waals surface area contributed by atoms with Crippen molar-refractivity contribution in [1.82, 2.24) is 9.78 Å². The van der Waals surface area contributed by atoms with E-state index in [0.717, 1.165) is 16.8 Å². The molecule has 0 aliphatic heterocycles. The van der Waals surface area contributed by atoms with Crippen LogP contribution in [0.5, 0.6) is 0 Å². The van der Waals surface area contributed by atoms with Crippen molar-refractivity contribution in [2.75, 3.05) is 6.61 Å². The van der Waals surface area contributed by atoms with Crippen molar-refractivity contribution in [2.45, 2.75) is 20.0 Å². The van der Waals surface area contributed by atoms with Gasteiger partial charge in [0.15, 0.2) is 5.69 Å². The predicted octanol–water partition coefficient (Wildman–Crippen LogP) is 5.45. The Morgan fingerprint density at radius 2 is 1.88 bits per heavy atom. The molecule has 4 nitrogen and oxygen atoms in total. The summed E-state index contributed by atoms with van der Waals surface area (Å²) in [6.45, 7) is 3.34. The molecule has 0 fully saturated rings. The van der Waals surface area contributed by atoms with Crippen LogP contribution in [0.25, 0.3) is 5.69 Å². The van der Waals surface area contributed by atoms with Crippen molar-refractivity contribution < 1.29 is 22.7 Å². The maximum atomic E-state index is 12.8. The minimum Gasteiger partial charge on any atom is -0.461 e. The first-order chi connectivity index (χ1) is 11.1. The van der Waals surface area contributed by atoms with Crippen molar-refractivity contribution >= 4 is 45.1 Å². The van der Waals surface area contributed by atoms with E-state index < -0.39 is 17.7 Å². The van der Waals surface area contributed by atoms with Crippen molar-refractivity contribution in [3.8, 4) is 5.69 Å². The van der Waals surface area contributed by atoms with Gasteiger partial charge in [0.25, 0.3) is 0 Å². The first-order valence-corrected chi connectivity index (χ1v) is 8.11. The van der Waals surface area contributed by atoms with Crippen molar-refractivity contribution in [3.05, 3.63) is 43.6 Å². The smallest absolute Gasteiger partial charge is 0.416 e. The molecule has 2 aromatic rings. The van der Waals surface area contributed by atoms with Crippen molar-refractivity contribution in [3.63, 3.8) is 0 Å². The van der Waals surface area contributed by atoms with Gasteiger partial charge in [0, 0.05) is 0 Å². The Kier molecular flexibility index (Phi) is 5.51. The summed E-state index contributed by atoms with van der Waals surface area (Å²) < 4.78 is 44.9. The number of rotatable bonds is 3. The topological polar surface area (TPSA) is 44.1 Å². The fraction of sp³-hybridized carbons (Fsp3) is 0.286. The summed E-state index contributed by atoms with van der Waals surface area (Å²) in [5.41, 5.74) is -0.631. The van der Waals surface area contributed by atoms with E-state index in [-0.39, 0.29) is 28.0 Å². The highest BCUT2D eigenvalue weighted by molar-refractivity contribution is 9.10. The van der Waals surface area contributed by atoms with Crippen LogP contribution in [0.15, 0.2) is 16.6 Å². The molecule has 0 unspecified atom stereocenters. The van der Waals surface area contributed by atoms with Crippen molar-refractivity contribution in [1.29, 1.82) is 0 Å². The highest BCUT2D eigenvalue weighted by Gasteiger charge is 2.33. The number of hydrogen-bond acceptors (Lipinski definition) is 3. The molecule has 0 saturated heterocycles. The molecule has 1 aromatic heterocycles. The zero-order valence-electron chi connectivity index (χ0n) is 12.3. The Labute approximate surface area is 153 Å². The van der Waals surface area contributed by atoms with E-state index in [0.29, 0.717) is 10.2 Å². The number of carbonyl (C=O) groups excluding carboxylic acids is 1. The number of ether oxygens (including phenoxy) is 1. The lowest BCUT2D eigenvalue weighted by atomic mass is 10.2. The molecule has 0 bridgehead atoms. The molecule has 1 heterocycles. The second kappa shape index (κ2) is 6.93. The fourth-order valence-corrected chi connectivity index (χ4v) is 3.03. The highest BCUT2D eigenvalue weighted by atomic mass is 79.9. The van der Waals surface area contributed by atoms with Crippen LogP contribution >= 0.6 is 39.1 Å². The molecule has 0 spiro atoms. The van der Waals surface area contributed by atoms with Gasteiger partial charge in [-0.15, -0.1) is 0 Å². The standard InChI is InChI=1S/C14H10BrCl2F3N2O2/c1-3-24-13(23)12-10(15)6(2)21-22(12)11-8(16)4-7(5-9(11)17)14(18,19)20/h4-5H,3H2,1-2H3. The summed E-state index contributed by atoms with van der Waals surface area (Å²) in [4.78, 5) is 12.1. The molecule has 0 saturated carbocycles. The third-order valence-corrected chi connectivity index (χ3v) is 4.54. The van der Waals surface area contributed by atoms with Gasteiger partial charge in [-0.3, -0.25) is 0 Å². The second-order valence-electron chi connectivity index (χ2n) is 4.67. The summed E-state index contributed by atoms with van der Waals surface area (Å²) in [6.07, 6.45) is -4.60. The van der Waals surface area contributed by atoms with E-state index in [9.17, 15) is 18.0 Å². The Morgan fingerprint density at radius 1 is 1.33 bits per heavy atom. The molecule has 0 aliphatic rings. The minimum atomic E-state index is -4.60. The zero-order valence-corrected chi connectivity index (χ0v) is 15.4. The van der Waals surface area contributed by atoms with Gasteiger partial charge in [0.1, 0.15) is 5.69 Å². The number of halogens is 6. The number of aryl methyl sites for hydroxylation is 1. The van der Waals surface area contributed by atoms with Crippen LogP contribution < -0.4 is 0 Å². The molecular weight excluding hydrogens is 436 g/mol. The van der Waals surface area contributed by atoms with Gasteiger partial charge in [-0.25, -0.2) is 9.48 Å². The summed E-state index contributed by atoms with van der Waals surface area (Å²) in [5, 5.41) is 3.52. The molecule has 0 amide bonds. The Morgan fingerprint density at radius 3 is 2.33 bits per heavy atom. The lowest BCUT2D eigenvalue weighted by molar-refractivity contribution is -0.137. The first kappa shape index (κ1) is 19.1. The second-order valence-corrected chi connectivity index (χ2v) is 6.27. The SMILES string of the molecule is CCOC(=O)c1c(Br)c(C)nn1-c1c(Cl)cc(C(F)(F)F)cc1Cl. The summed E-state index contributed by atoms with van der Waals surface area (Å²) in [5.74, 6) is -0.711. The van der Waals surface area contributed by atoms with Gasteiger partial charge in [-0.1, -0.05) is 23.2 Å². The van der Waals surface area contributed by atoms with Gasteiger partial charge >= 0.3 is 12.1 Å². The molecule has 24 heavy (non-hydrogen) atoms. The molecule has 0 radical (unpaired) electrons. The monoisotopic (exact) mass is 444 g/mol. The molecule has 0 N–H and O–H groups in total. The molecule has 2 rings (SSSR count). The van der Waals surface area contributed by atoms with E-state index in [2.05, 4.69) is 21.0 Å². The van der Waals surface area contributed by atoms with Gasteiger partial charge < -0.3 is 4.74 Å². The summed E-state index contributed by atoms with van der Waals surface area (Å²) in [7, 11) is 0. The Balaban J connectivity index is 2.70. The maximum absolute atomic E-state index is 12.8. The van der Waals surface area contributed by atoms with Gasteiger partial charge in [0.05, 0.1) is 32.4 Å². The van der Waals surface area contributed by atoms with E-state index in [1.807, 2.05) is 0 Å². The largest absolute Gasteiger partial charge is 0.461 e. The number of aromatic nitrogens is 2. The number of alkyl halides is 3. The molecule has 0 aliphatic carbocycles. The first-order valence-electron chi connectivity index (χ1n) is 6.56. The van der Waals surface area contributed by atoms with E-state index in [4.69, 9.17) is 27.9 Å². The number of nitrogens with zero attached hydrogens (tertiary/aromatic N) is 2. The quantitative estimate of drug-likeness (QED) is 0.590. The van der Waals surface area contributed by atoms with Crippen LogP contribution in [0.2, 0.25) is 10.0 Å². The van der Waals surface area contributed by atoms with Gasteiger partial charge in [0.2, 0.25) is 0 Å². The van der Waals surface area contributed by atoms with Crippen LogP contribution in [0, 0.1) is 6.92 Å². The normalized spacial score (nSPS) is 11.7. The highest BCUT2D eigenvalue weighted by Crippen LogP contribution is 2.38. The molecule has 0 atom stereocenters. The third-order valence-electron chi connectivity index (χ3n) is 3.01. The molecule has 1 aromatic carbocycles. The van der Waals surface area contributed by atoms with Crippen LogP contribution in [-0.2, 0) is 10.9 Å². The van der Waals surface area contributed by atoms with E-state index >= 15 is 0 Å². The van der Waals surface area contributed by atoms with Crippen LogP contribution in [-0.4, -0.2) is 22.4 Å². The zero-order chi connectivity index (χ0) is 18.2. The van der Waals surface area contributed by atoms with E-state index in [1.54, 1.807) is 13.8 Å². The minimum absolute atomic E-state index is 0.0158. The number of benzene rings is 1. The predicted molar refractivity (Wildman–Crippen MR) is 87.0 cm³/mol. The number of esters is 1. The molecule has 10 heteroatoms. The summed E-state index contributed by atoms with van der Waals surface area (Å²) >= 11 is 15.2. The van der Waals surface area contributed by atoms with Gasteiger partial charge in [-0.05, 0) is 41.9 Å². The van der Waals surface area contributed by atoms with Gasteiger partial charge in [-0.2, -0.15) is 18.3 Å². The number of hydrogen-bond donors (Lipinski definition) is 0. The number of carbonyl (C=O) groups is 1. The van der Waals surface area contributed by atoms with Crippen LogP contribution in [0.4, 0.5) is 13.2 Å². The van der Waals surface area contributed by atoms with Crippen LogP contribution in [0.1, 0.15) is 28.7 Å². The van der Waals surface area contributed by atoms with Crippen molar-refractivity contribution in [2.24, 2.45) is 0 Å². The average Bonchev–Trinajstić information content (AvgIpc) is 2.73. The Hall–Kier alpha value is -1.25. The summed E-state index contributed by atoms with van der Waals surface area (Å²) in [6, 6.07) is 1.45. The molecular formula is C14H10BrCl2F3N2O2. The average molecular weight is 446 g/mol. The van der Waals surface area contributed by atoms with E-state index in [1.165, 1.54) is 0 Å². The lowest BCUT2D eigenvalue weighted by Crippen LogP contribution is -2.14. The molecule has 130 valence electrons.